The van der Waals surface area contributed by atoms with Crippen molar-refractivity contribution < 1.29 is 5.11 Å². The largest absolute Gasteiger partial charge is 0.508 e. The third-order valence-corrected chi connectivity index (χ3v) is 2.38. The van der Waals surface area contributed by atoms with Crippen molar-refractivity contribution in [2.24, 2.45) is 0 Å². The van der Waals surface area contributed by atoms with Gasteiger partial charge >= 0.3 is 0 Å². The number of hydrogen-bond acceptors (Lipinski definition) is 1. The van der Waals surface area contributed by atoms with E-state index in [-0.39, 0.29) is 0 Å². The van der Waals surface area contributed by atoms with Gasteiger partial charge in [0.05, 0.1) is 0 Å². The topological polar surface area (TPSA) is 20.2 Å². The molecule has 0 aliphatic heterocycles. The molecule has 2 rings (SSSR count). The van der Waals surface area contributed by atoms with E-state index in [1.54, 1.807) is 12.1 Å². The summed E-state index contributed by atoms with van der Waals surface area (Å²) in [5.41, 5.74) is 3.42. The SMILES string of the molecule is Cc1cccc(/C=C\c2cccc(O)c2)c1. The maximum atomic E-state index is 9.32. The zero-order valence-corrected chi connectivity index (χ0v) is 9.22. The van der Waals surface area contributed by atoms with Crippen molar-refractivity contribution in [1.82, 2.24) is 0 Å². The molecule has 0 saturated heterocycles. The molecule has 1 N–H and O–H groups in total. The Morgan fingerprint density at radius 3 is 2.12 bits per heavy atom. The third-order valence-electron chi connectivity index (χ3n) is 2.38. The number of phenolic OH excluding ortho intramolecular Hbond substituents is 1. The Kier molecular flexibility index (Phi) is 3.06. The number of phenols is 1. The smallest absolute Gasteiger partial charge is 0.116 e. The van der Waals surface area contributed by atoms with E-state index in [2.05, 4.69) is 25.1 Å². The second-order valence-electron chi connectivity index (χ2n) is 3.84. The van der Waals surface area contributed by atoms with Gasteiger partial charge in [-0.1, -0.05) is 54.1 Å². The summed E-state index contributed by atoms with van der Waals surface area (Å²) in [6.45, 7) is 2.08. The Morgan fingerprint density at radius 1 is 0.875 bits per heavy atom. The number of hydrogen-bond donors (Lipinski definition) is 1. The lowest BCUT2D eigenvalue weighted by atomic mass is 10.1. The molecule has 0 atom stereocenters. The first kappa shape index (κ1) is 10.5. The first-order valence-electron chi connectivity index (χ1n) is 5.28. The van der Waals surface area contributed by atoms with Gasteiger partial charge in [-0.3, -0.25) is 0 Å². The molecule has 0 aliphatic carbocycles. The molecule has 2 aromatic rings. The van der Waals surface area contributed by atoms with Crippen LogP contribution in [-0.2, 0) is 0 Å². The van der Waals surface area contributed by atoms with Gasteiger partial charge in [-0.15, -0.1) is 0 Å². The molecule has 2 aromatic carbocycles. The second-order valence-corrected chi connectivity index (χ2v) is 3.84. The lowest BCUT2D eigenvalue weighted by Gasteiger charge is -1.97. The van der Waals surface area contributed by atoms with Crippen LogP contribution < -0.4 is 0 Å². The summed E-state index contributed by atoms with van der Waals surface area (Å²) in [5.74, 6) is 0.298. The predicted molar refractivity (Wildman–Crippen MR) is 68.2 cm³/mol. The molecule has 0 radical (unpaired) electrons. The van der Waals surface area contributed by atoms with E-state index in [0.29, 0.717) is 5.75 Å². The van der Waals surface area contributed by atoms with Gasteiger partial charge < -0.3 is 5.11 Å². The zero-order chi connectivity index (χ0) is 11.4. The number of rotatable bonds is 2. The highest BCUT2D eigenvalue weighted by atomic mass is 16.3. The summed E-state index contributed by atoms with van der Waals surface area (Å²) in [4.78, 5) is 0. The molecule has 1 nitrogen and oxygen atoms in total. The molecule has 1 heteroatoms. The van der Waals surface area contributed by atoms with Gasteiger partial charge in [-0.2, -0.15) is 0 Å². The van der Waals surface area contributed by atoms with E-state index in [1.807, 2.05) is 30.4 Å². The highest BCUT2D eigenvalue weighted by Crippen LogP contribution is 2.14. The molecule has 0 spiro atoms. The zero-order valence-electron chi connectivity index (χ0n) is 9.22. The normalized spacial score (nSPS) is 10.8. The van der Waals surface area contributed by atoms with Crippen LogP contribution in [0.4, 0.5) is 0 Å². The number of aromatic hydroxyl groups is 1. The van der Waals surface area contributed by atoms with Crippen molar-refractivity contribution in [1.29, 1.82) is 0 Å². The van der Waals surface area contributed by atoms with E-state index >= 15 is 0 Å². The Balaban J connectivity index is 2.21. The van der Waals surface area contributed by atoms with Crippen LogP contribution in [-0.4, -0.2) is 5.11 Å². The van der Waals surface area contributed by atoms with Crippen LogP contribution in [0.25, 0.3) is 12.2 Å². The van der Waals surface area contributed by atoms with Gasteiger partial charge in [0.1, 0.15) is 5.75 Å². The quantitative estimate of drug-likeness (QED) is 0.746. The molecule has 0 bridgehead atoms. The molecular weight excluding hydrogens is 196 g/mol. The van der Waals surface area contributed by atoms with Gasteiger partial charge in [-0.05, 0) is 30.2 Å². The first-order valence-corrected chi connectivity index (χ1v) is 5.28. The summed E-state index contributed by atoms with van der Waals surface area (Å²) >= 11 is 0. The minimum Gasteiger partial charge on any atom is -0.508 e. The molecule has 0 amide bonds. The van der Waals surface area contributed by atoms with Crippen LogP contribution >= 0.6 is 0 Å². The molecule has 0 unspecified atom stereocenters. The summed E-state index contributed by atoms with van der Waals surface area (Å²) < 4.78 is 0. The fourth-order valence-electron chi connectivity index (χ4n) is 1.59. The molecular formula is C15H14O. The monoisotopic (exact) mass is 210 g/mol. The van der Waals surface area contributed by atoms with E-state index in [0.717, 1.165) is 5.56 Å². The van der Waals surface area contributed by atoms with Crippen LogP contribution in [0.2, 0.25) is 0 Å². The van der Waals surface area contributed by atoms with E-state index in [9.17, 15) is 5.11 Å². The van der Waals surface area contributed by atoms with Gasteiger partial charge in [0.15, 0.2) is 0 Å². The van der Waals surface area contributed by atoms with Crippen LogP contribution in [0.15, 0.2) is 48.5 Å². The van der Waals surface area contributed by atoms with Crippen molar-refractivity contribution in [3.8, 4) is 5.75 Å². The van der Waals surface area contributed by atoms with Crippen molar-refractivity contribution in [3.05, 3.63) is 65.2 Å². The average Bonchev–Trinajstić information content (AvgIpc) is 2.27. The van der Waals surface area contributed by atoms with E-state index in [4.69, 9.17) is 0 Å². The molecule has 0 fully saturated rings. The Bertz CT molecular complexity index is 465. The highest BCUT2D eigenvalue weighted by Gasteiger charge is 1.90. The van der Waals surface area contributed by atoms with Gasteiger partial charge in [0.25, 0.3) is 0 Å². The lowest BCUT2D eigenvalue weighted by molar-refractivity contribution is 0.475. The minimum atomic E-state index is 0.298. The molecule has 16 heavy (non-hydrogen) atoms. The summed E-state index contributed by atoms with van der Waals surface area (Å²) in [6, 6.07) is 15.5. The second kappa shape index (κ2) is 4.67. The maximum absolute atomic E-state index is 9.32. The van der Waals surface area contributed by atoms with Crippen molar-refractivity contribution >= 4 is 12.2 Å². The van der Waals surface area contributed by atoms with E-state index < -0.39 is 0 Å². The fraction of sp³-hybridized carbons (Fsp3) is 0.0667. The maximum Gasteiger partial charge on any atom is 0.116 e. The van der Waals surface area contributed by atoms with Crippen molar-refractivity contribution in [2.75, 3.05) is 0 Å². The van der Waals surface area contributed by atoms with E-state index in [1.165, 1.54) is 11.1 Å². The summed E-state index contributed by atoms with van der Waals surface area (Å²) in [5, 5.41) is 9.32. The van der Waals surface area contributed by atoms with Crippen molar-refractivity contribution in [2.45, 2.75) is 6.92 Å². The molecule has 80 valence electrons. The number of benzene rings is 2. The minimum absolute atomic E-state index is 0.298. The predicted octanol–water partition coefficient (Wildman–Crippen LogP) is 3.87. The summed E-state index contributed by atoms with van der Waals surface area (Å²) in [6.07, 6.45) is 4.04. The highest BCUT2D eigenvalue weighted by molar-refractivity contribution is 5.70. The molecule has 0 saturated carbocycles. The van der Waals surface area contributed by atoms with Gasteiger partial charge in [0, 0.05) is 0 Å². The van der Waals surface area contributed by atoms with Crippen LogP contribution in [0.1, 0.15) is 16.7 Å². The Labute approximate surface area is 95.7 Å². The first-order chi connectivity index (χ1) is 7.74. The fourth-order valence-corrected chi connectivity index (χ4v) is 1.59. The van der Waals surface area contributed by atoms with Gasteiger partial charge in [0.2, 0.25) is 0 Å². The Hall–Kier alpha value is -2.02. The molecule has 0 aromatic heterocycles. The number of aryl methyl sites for hydroxylation is 1. The Morgan fingerprint density at radius 2 is 1.50 bits per heavy atom. The third kappa shape index (κ3) is 2.74. The van der Waals surface area contributed by atoms with Crippen LogP contribution in [0.3, 0.4) is 0 Å². The molecule has 0 aliphatic rings. The summed E-state index contributed by atoms with van der Waals surface area (Å²) in [7, 11) is 0. The lowest BCUT2D eigenvalue weighted by Crippen LogP contribution is -1.75. The van der Waals surface area contributed by atoms with Crippen LogP contribution in [0.5, 0.6) is 5.75 Å². The molecule has 0 heterocycles. The van der Waals surface area contributed by atoms with Gasteiger partial charge in [-0.25, -0.2) is 0 Å². The standard InChI is InChI=1S/C15H14O/c1-12-4-2-5-13(10-12)8-9-14-6-3-7-15(16)11-14/h2-11,16H,1H3/b9-8-. The average molecular weight is 210 g/mol. The van der Waals surface area contributed by atoms with Crippen LogP contribution in [0, 0.1) is 6.92 Å². The van der Waals surface area contributed by atoms with Crippen molar-refractivity contribution in [3.63, 3.8) is 0 Å².